The van der Waals surface area contributed by atoms with Gasteiger partial charge in [-0.25, -0.2) is 8.78 Å². The van der Waals surface area contributed by atoms with E-state index in [0.717, 1.165) is 32.0 Å². The molecule has 8 nitrogen and oxygen atoms in total. The minimum Gasteiger partial charge on any atom is -0.426 e. The molecule has 0 saturated carbocycles. The smallest absolute Gasteiger partial charge is 0.416 e. The first-order valence-electron chi connectivity index (χ1n) is 15.0. The molecule has 0 heterocycles. The number of carbonyl (C=O) groups excluding carboxylic acids is 4. The van der Waals surface area contributed by atoms with E-state index in [0.29, 0.717) is 35.7 Å². The highest BCUT2D eigenvalue weighted by molar-refractivity contribution is 9.10. The topological polar surface area (TPSA) is 111 Å². The third-order valence-electron chi connectivity index (χ3n) is 6.75. The monoisotopic (exact) mass is 906 g/mol. The van der Waals surface area contributed by atoms with E-state index >= 15 is 0 Å². The molecular formula is C36H27BrClF11N2O6. The summed E-state index contributed by atoms with van der Waals surface area (Å²) in [4.78, 5) is 47.1. The number of amides is 2. The Hall–Kier alpha value is -5.24. The second kappa shape index (κ2) is 18.4. The summed E-state index contributed by atoms with van der Waals surface area (Å²) in [6, 6.07) is 9.78. The summed E-state index contributed by atoms with van der Waals surface area (Å²) in [5.74, 6) is -7.54. The maximum Gasteiger partial charge on any atom is 0.416 e. The van der Waals surface area contributed by atoms with E-state index < -0.39 is 81.8 Å². The van der Waals surface area contributed by atoms with E-state index in [1.165, 1.54) is 24.3 Å². The van der Waals surface area contributed by atoms with Crippen molar-refractivity contribution in [1.29, 1.82) is 0 Å². The summed E-state index contributed by atoms with van der Waals surface area (Å²) in [7, 11) is 0. The van der Waals surface area contributed by atoms with Crippen LogP contribution in [0.4, 0.5) is 59.7 Å². The van der Waals surface area contributed by atoms with Gasteiger partial charge in [0.05, 0.1) is 27.8 Å². The summed E-state index contributed by atoms with van der Waals surface area (Å²) < 4.78 is 154. The number of anilines is 2. The molecule has 0 fully saturated rings. The number of rotatable bonds is 7. The van der Waals surface area contributed by atoms with Gasteiger partial charge >= 0.3 is 30.5 Å². The van der Waals surface area contributed by atoms with Crippen LogP contribution in [-0.2, 0) is 34.0 Å². The van der Waals surface area contributed by atoms with Crippen LogP contribution in [0.5, 0.6) is 11.5 Å². The quantitative estimate of drug-likeness (QED) is 0.109. The fourth-order valence-electron chi connectivity index (χ4n) is 4.39. The molecule has 0 atom stereocenters. The van der Waals surface area contributed by atoms with Crippen molar-refractivity contribution in [3.05, 3.63) is 116 Å². The first-order chi connectivity index (χ1) is 25.5. The second-order valence-corrected chi connectivity index (χ2v) is 12.7. The van der Waals surface area contributed by atoms with Gasteiger partial charge in [-0.15, -0.1) is 0 Å². The van der Waals surface area contributed by atoms with Crippen LogP contribution < -0.4 is 20.1 Å². The molecule has 0 radical (unpaired) electrons. The van der Waals surface area contributed by atoms with E-state index in [1.54, 1.807) is 0 Å². The zero-order chi connectivity index (χ0) is 42.6. The van der Waals surface area contributed by atoms with E-state index in [9.17, 15) is 67.5 Å². The lowest BCUT2D eigenvalue weighted by molar-refractivity contribution is -0.143. The van der Waals surface area contributed by atoms with Crippen LogP contribution in [0.1, 0.15) is 71.2 Å². The van der Waals surface area contributed by atoms with Gasteiger partial charge in [0.15, 0.2) is 0 Å². The highest BCUT2D eigenvalue weighted by Crippen LogP contribution is 2.39. The number of halogens is 13. The molecule has 2 amide bonds. The van der Waals surface area contributed by atoms with E-state index in [4.69, 9.17) is 21.1 Å². The van der Waals surface area contributed by atoms with E-state index in [-0.39, 0.29) is 41.1 Å². The first-order valence-corrected chi connectivity index (χ1v) is 16.2. The number of ether oxygens (including phenoxy) is 2. The van der Waals surface area contributed by atoms with Crippen molar-refractivity contribution in [2.75, 3.05) is 10.6 Å². The molecule has 0 bridgehead atoms. The van der Waals surface area contributed by atoms with Crippen LogP contribution in [0, 0.1) is 0 Å². The molecule has 4 rings (SSSR count). The van der Waals surface area contributed by atoms with Gasteiger partial charge < -0.3 is 20.1 Å². The Kier molecular flexibility index (Phi) is 15.4. The maximum absolute atomic E-state index is 13.6. The van der Waals surface area contributed by atoms with Crippen molar-refractivity contribution >= 4 is 62.7 Å². The number of nitrogens with one attached hydrogen (secondary N) is 2. The molecule has 0 aliphatic carbocycles. The Labute approximate surface area is 329 Å². The summed E-state index contributed by atoms with van der Waals surface area (Å²) in [5.41, 5.74) is -7.19. The van der Waals surface area contributed by atoms with Crippen molar-refractivity contribution in [3.8, 4) is 11.5 Å². The zero-order valence-electron chi connectivity index (χ0n) is 28.3. The third-order valence-corrected chi connectivity index (χ3v) is 7.48. The van der Waals surface area contributed by atoms with Crippen molar-refractivity contribution in [3.63, 3.8) is 0 Å². The Morgan fingerprint density at radius 3 is 1.28 bits per heavy atom. The van der Waals surface area contributed by atoms with E-state index in [2.05, 4.69) is 21.2 Å². The summed E-state index contributed by atoms with van der Waals surface area (Å²) in [5, 5.41) is 4.10. The molecule has 0 aromatic heterocycles. The molecule has 0 aliphatic rings. The molecule has 21 heteroatoms. The maximum atomic E-state index is 13.6. The van der Waals surface area contributed by atoms with Crippen molar-refractivity contribution < 1.29 is 76.9 Å². The van der Waals surface area contributed by atoms with Gasteiger partial charge in [-0.2, -0.15) is 39.5 Å². The van der Waals surface area contributed by atoms with Gasteiger partial charge in [-0.05, 0) is 72.8 Å². The molecule has 0 saturated heterocycles. The lowest BCUT2D eigenvalue weighted by atomic mass is 10.0. The Bertz CT molecular complexity index is 1940. The summed E-state index contributed by atoms with van der Waals surface area (Å²) >= 11 is 8.88. The molecular weight excluding hydrogens is 881 g/mol. The molecule has 0 unspecified atom stereocenters. The zero-order valence-corrected chi connectivity index (χ0v) is 30.6. The van der Waals surface area contributed by atoms with Crippen molar-refractivity contribution in [2.45, 2.75) is 52.6 Å². The van der Waals surface area contributed by atoms with Gasteiger partial charge in [0.25, 0.3) is 17.7 Å². The van der Waals surface area contributed by atoms with Crippen LogP contribution in [0.2, 0.25) is 5.02 Å². The van der Waals surface area contributed by atoms with Gasteiger partial charge in [-0.3, -0.25) is 19.2 Å². The lowest BCUT2D eigenvalue weighted by Crippen LogP contribution is -2.17. The summed E-state index contributed by atoms with van der Waals surface area (Å²) in [6.07, 6.45) is -15.0. The van der Waals surface area contributed by atoms with Crippen molar-refractivity contribution in [1.82, 2.24) is 0 Å². The van der Waals surface area contributed by atoms with Crippen LogP contribution in [0.25, 0.3) is 0 Å². The fraction of sp³-hybridized carbons (Fsp3) is 0.222. The second-order valence-electron chi connectivity index (χ2n) is 11.4. The lowest BCUT2D eigenvalue weighted by Gasteiger charge is -2.17. The molecule has 0 aliphatic heterocycles. The molecule has 0 spiro atoms. The number of alkyl halides is 11. The standard InChI is InChI=1S/C18H13BrF5NO3.C17H10ClF6NO3.CH4/c1-9(26)28-15-4-3-12(19)8-14(15)16(27)25-13-6-10(17(2,20)21)5-11(7-13)18(22,23)24;1-8(26)28-14-3-2-11(18)7-13(14)15(27)25-12-5-9(16(19,20)21)4-10(6-12)17(22,23)24;/h3-8H,1-2H3,(H,25,27);2-7H,1H3,(H,25,27);1H4. The highest BCUT2D eigenvalue weighted by atomic mass is 79.9. The van der Waals surface area contributed by atoms with Gasteiger partial charge in [0.1, 0.15) is 11.5 Å². The SMILES string of the molecule is C.CC(=O)Oc1ccc(Br)cc1C(=O)Nc1cc(C(C)(F)F)cc(C(F)(F)F)c1.CC(=O)Oc1ccc(Cl)cc1C(=O)Nc1cc(C(F)(F)F)cc(C(F)(F)F)c1. The number of carbonyl (C=O) groups is 4. The van der Waals surface area contributed by atoms with Crippen LogP contribution >= 0.6 is 27.5 Å². The van der Waals surface area contributed by atoms with Crippen molar-refractivity contribution in [2.24, 2.45) is 0 Å². The Morgan fingerprint density at radius 1 is 0.561 bits per heavy atom. The number of esters is 2. The van der Waals surface area contributed by atoms with E-state index in [1.807, 2.05) is 5.32 Å². The predicted octanol–water partition coefficient (Wildman–Crippen LogP) is 11.9. The van der Waals surface area contributed by atoms with Gasteiger partial charge in [-0.1, -0.05) is 35.0 Å². The first kappa shape index (κ1) is 47.9. The molecule has 308 valence electrons. The normalized spacial score (nSPS) is 11.6. The minimum absolute atomic E-state index is 0. The average Bonchev–Trinajstić information content (AvgIpc) is 3.04. The van der Waals surface area contributed by atoms with Gasteiger partial charge in [0.2, 0.25) is 0 Å². The number of hydrogen-bond donors (Lipinski definition) is 2. The highest BCUT2D eigenvalue weighted by Gasteiger charge is 2.38. The third kappa shape index (κ3) is 14.0. The van der Waals surface area contributed by atoms with Crippen LogP contribution in [0.3, 0.4) is 0 Å². The Morgan fingerprint density at radius 2 is 0.912 bits per heavy atom. The fourth-order valence-corrected chi connectivity index (χ4v) is 4.92. The van der Waals surface area contributed by atoms with Gasteiger partial charge in [0, 0.05) is 47.2 Å². The largest absolute Gasteiger partial charge is 0.426 e. The predicted molar refractivity (Wildman–Crippen MR) is 188 cm³/mol. The Balaban J connectivity index is 0.000000387. The minimum atomic E-state index is -5.07. The average molecular weight is 908 g/mol. The molecule has 57 heavy (non-hydrogen) atoms. The van der Waals surface area contributed by atoms with Crippen LogP contribution in [0.15, 0.2) is 77.3 Å². The number of benzene rings is 4. The molecule has 4 aromatic rings. The molecule has 4 aromatic carbocycles. The number of hydrogen-bond acceptors (Lipinski definition) is 6. The summed E-state index contributed by atoms with van der Waals surface area (Å²) in [6.45, 7) is 2.59. The van der Waals surface area contributed by atoms with Crippen LogP contribution in [-0.4, -0.2) is 23.8 Å². The molecule has 2 N–H and O–H groups in total.